The van der Waals surface area contributed by atoms with Crippen LogP contribution in [0.25, 0.3) is 22.5 Å². The van der Waals surface area contributed by atoms with Crippen molar-refractivity contribution in [1.29, 1.82) is 0 Å². The van der Waals surface area contributed by atoms with Gasteiger partial charge in [-0.05, 0) is 45.6 Å². The summed E-state index contributed by atoms with van der Waals surface area (Å²) in [6, 6.07) is 4.94. The summed E-state index contributed by atoms with van der Waals surface area (Å²) in [5, 5.41) is 8.16. The second-order valence-corrected chi connectivity index (χ2v) is 10.1. The number of nitrogens with one attached hydrogen (secondary N) is 1. The highest BCUT2D eigenvalue weighted by molar-refractivity contribution is 7.91. The molecule has 1 saturated heterocycles. The van der Waals surface area contributed by atoms with Crippen LogP contribution in [0.1, 0.15) is 28.5 Å². The zero-order valence-electron chi connectivity index (χ0n) is 17.3. The number of amides is 1. The zero-order valence-corrected chi connectivity index (χ0v) is 18.1. The van der Waals surface area contributed by atoms with E-state index in [0.29, 0.717) is 53.3 Å². The number of pyridine rings is 1. The predicted molar refractivity (Wildman–Crippen MR) is 113 cm³/mol. The number of hydrogen-bond acceptors (Lipinski definition) is 7. The quantitative estimate of drug-likeness (QED) is 0.632. The van der Waals surface area contributed by atoms with Gasteiger partial charge in [0.05, 0.1) is 40.5 Å². The smallest absolute Gasteiger partial charge is 0.252 e. The monoisotopic (exact) mass is 431 g/mol. The number of rotatable bonds is 6. The van der Waals surface area contributed by atoms with Gasteiger partial charge in [-0.25, -0.2) is 18.1 Å². The molecule has 1 atom stereocenters. The summed E-state index contributed by atoms with van der Waals surface area (Å²) < 4.78 is 31.2. The highest BCUT2D eigenvalue weighted by Gasteiger charge is 2.32. The first-order valence-corrected chi connectivity index (χ1v) is 11.6. The lowest BCUT2D eigenvalue weighted by molar-refractivity contribution is 0.0952. The van der Waals surface area contributed by atoms with Crippen LogP contribution in [0.3, 0.4) is 0 Å². The molecule has 1 fully saturated rings. The van der Waals surface area contributed by atoms with Gasteiger partial charge in [-0.15, -0.1) is 0 Å². The Bertz CT molecular complexity index is 1180. The summed E-state index contributed by atoms with van der Waals surface area (Å²) in [6.45, 7) is 3.02. The molecule has 10 heteroatoms. The van der Waals surface area contributed by atoms with Gasteiger partial charge in [0.2, 0.25) is 0 Å². The van der Waals surface area contributed by atoms with Crippen molar-refractivity contribution in [2.45, 2.75) is 19.4 Å². The van der Waals surface area contributed by atoms with Crippen LogP contribution in [-0.4, -0.2) is 72.7 Å². The average Bonchev–Trinajstić information content (AvgIpc) is 3.40. The lowest BCUT2D eigenvalue weighted by Gasteiger charge is -2.13. The first kappa shape index (κ1) is 20.5. The van der Waals surface area contributed by atoms with E-state index in [4.69, 9.17) is 9.40 Å². The minimum absolute atomic E-state index is 0.0280. The molecule has 0 bridgehead atoms. The fourth-order valence-corrected chi connectivity index (χ4v) is 5.45. The summed E-state index contributed by atoms with van der Waals surface area (Å²) in [7, 11) is 0.786. The van der Waals surface area contributed by atoms with Crippen LogP contribution in [0, 0.1) is 6.92 Å². The second-order valence-electron chi connectivity index (χ2n) is 7.88. The van der Waals surface area contributed by atoms with Gasteiger partial charge in [-0.1, -0.05) is 0 Å². The van der Waals surface area contributed by atoms with E-state index in [1.165, 1.54) is 0 Å². The third-order valence-electron chi connectivity index (χ3n) is 5.25. The van der Waals surface area contributed by atoms with Crippen LogP contribution in [0.2, 0.25) is 0 Å². The number of hydrogen-bond donors (Lipinski definition) is 1. The topological polar surface area (TPSA) is 110 Å². The van der Waals surface area contributed by atoms with Gasteiger partial charge < -0.3 is 14.6 Å². The number of nitrogens with zero attached hydrogens (tertiary/aromatic N) is 4. The molecular weight excluding hydrogens is 406 g/mol. The number of carbonyl (C=O) groups excluding carboxylic acids is 1. The molecule has 9 nitrogen and oxygen atoms in total. The zero-order chi connectivity index (χ0) is 21.5. The molecule has 1 aliphatic heterocycles. The molecule has 0 radical (unpaired) electrons. The third kappa shape index (κ3) is 3.97. The van der Waals surface area contributed by atoms with Crippen molar-refractivity contribution in [2.75, 3.05) is 38.7 Å². The number of likely N-dealkylation sites (N-methyl/N-ethyl adjacent to an activating group) is 1. The summed E-state index contributed by atoms with van der Waals surface area (Å²) in [6.07, 6.45) is 2.03. The first-order chi connectivity index (χ1) is 14.2. The van der Waals surface area contributed by atoms with Gasteiger partial charge in [0.25, 0.3) is 5.91 Å². The molecule has 3 aromatic rings. The summed E-state index contributed by atoms with van der Waals surface area (Å²) in [5.41, 5.74) is 2.11. The highest BCUT2D eigenvalue weighted by Crippen LogP contribution is 2.32. The Hall–Kier alpha value is -2.72. The van der Waals surface area contributed by atoms with Crippen molar-refractivity contribution in [3.63, 3.8) is 0 Å². The summed E-state index contributed by atoms with van der Waals surface area (Å²) in [5.74, 6) is 0.469. The Kier molecular flexibility index (Phi) is 5.37. The van der Waals surface area contributed by atoms with E-state index in [0.717, 1.165) is 0 Å². The van der Waals surface area contributed by atoms with Crippen LogP contribution in [0.4, 0.5) is 0 Å². The molecule has 0 aromatic carbocycles. The van der Waals surface area contributed by atoms with Crippen LogP contribution in [-0.2, 0) is 9.84 Å². The van der Waals surface area contributed by atoms with Gasteiger partial charge in [-0.3, -0.25) is 4.79 Å². The van der Waals surface area contributed by atoms with E-state index >= 15 is 0 Å². The molecule has 0 aliphatic carbocycles. The molecule has 4 rings (SSSR count). The molecule has 1 aliphatic rings. The number of aryl methyl sites for hydroxylation is 1. The lowest BCUT2D eigenvalue weighted by Crippen LogP contribution is -2.31. The first-order valence-electron chi connectivity index (χ1n) is 9.82. The summed E-state index contributed by atoms with van der Waals surface area (Å²) in [4.78, 5) is 19.7. The largest absolute Gasteiger partial charge is 0.463 e. The standard InChI is InChI=1S/C20H25N5O4S/c1-13-18-15(20(26)21-7-8-24(2)3)11-16(17-5-4-9-29-17)22-19(18)25(23-13)14-6-10-30(27,28)12-14/h4-5,9,11,14H,6-8,10,12H2,1-3H3,(H,21,26). The van der Waals surface area contributed by atoms with Crippen molar-refractivity contribution < 1.29 is 17.6 Å². The minimum atomic E-state index is -3.09. The predicted octanol–water partition coefficient (Wildman–Crippen LogP) is 1.65. The maximum Gasteiger partial charge on any atom is 0.252 e. The maximum absolute atomic E-state index is 13.0. The van der Waals surface area contributed by atoms with E-state index < -0.39 is 9.84 Å². The molecule has 3 aromatic heterocycles. The second kappa shape index (κ2) is 7.84. The van der Waals surface area contributed by atoms with Gasteiger partial charge in [0.1, 0.15) is 5.69 Å². The average molecular weight is 432 g/mol. The lowest BCUT2D eigenvalue weighted by atomic mass is 10.1. The van der Waals surface area contributed by atoms with E-state index in [9.17, 15) is 13.2 Å². The number of furan rings is 1. The maximum atomic E-state index is 13.0. The van der Waals surface area contributed by atoms with E-state index in [2.05, 4.69) is 10.4 Å². The molecule has 1 unspecified atom stereocenters. The van der Waals surface area contributed by atoms with Crippen molar-refractivity contribution >= 4 is 26.8 Å². The van der Waals surface area contributed by atoms with E-state index in [1.807, 2.05) is 25.9 Å². The SMILES string of the molecule is Cc1nn(C2CCS(=O)(=O)C2)c2nc(-c3ccco3)cc(C(=O)NCCN(C)C)c12. The molecule has 4 heterocycles. The molecule has 1 amide bonds. The Labute approximate surface area is 175 Å². The molecule has 1 N–H and O–H groups in total. The normalized spacial score (nSPS) is 18.3. The van der Waals surface area contributed by atoms with Crippen molar-refractivity contribution in [3.8, 4) is 11.5 Å². The van der Waals surface area contributed by atoms with Crippen molar-refractivity contribution in [1.82, 2.24) is 25.0 Å². The number of fused-ring (bicyclic) bond motifs is 1. The van der Waals surface area contributed by atoms with E-state index in [-0.39, 0.29) is 23.5 Å². The Morgan fingerprint density at radius 1 is 1.40 bits per heavy atom. The number of sulfone groups is 1. The van der Waals surface area contributed by atoms with Crippen LogP contribution < -0.4 is 5.32 Å². The highest BCUT2D eigenvalue weighted by atomic mass is 32.2. The molecule has 160 valence electrons. The summed E-state index contributed by atoms with van der Waals surface area (Å²) >= 11 is 0. The molecule has 30 heavy (non-hydrogen) atoms. The van der Waals surface area contributed by atoms with Gasteiger partial charge >= 0.3 is 0 Å². The van der Waals surface area contributed by atoms with Crippen LogP contribution in [0.15, 0.2) is 28.9 Å². The Morgan fingerprint density at radius 3 is 2.83 bits per heavy atom. The van der Waals surface area contributed by atoms with Gasteiger partial charge in [-0.2, -0.15) is 5.10 Å². The van der Waals surface area contributed by atoms with Crippen LogP contribution in [0.5, 0.6) is 0 Å². The van der Waals surface area contributed by atoms with Gasteiger partial charge in [0, 0.05) is 13.1 Å². The van der Waals surface area contributed by atoms with Gasteiger partial charge in [0.15, 0.2) is 21.2 Å². The molecule has 0 saturated carbocycles. The Morgan fingerprint density at radius 2 is 2.20 bits per heavy atom. The molecule has 0 spiro atoms. The fourth-order valence-electron chi connectivity index (χ4n) is 3.75. The number of aromatic nitrogens is 3. The van der Waals surface area contributed by atoms with E-state index in [1.54, 1.807) is 29.1 Å². The Balaban J connectivity index is 1.82. The third-order valence-corrected chi connectivity index (χ3v) is 7.00. The van der Waals surface area contributed by atoms with Crippen molar-refractivity contribution in [3.05, 3.63) is 35.7 Å². The minimum Gasteiger partial charge on any atom is -0.463 e. The fraction of sp³-hybridized carbons (Fsp3) is 0.450. The van der Waals surface area contributed by atoms with Crippen molar-refractivity contribution in [2.24, 2.45) is 0 Å². The molecular formula is C20H25N5O4S. The number of carbonyl (C=O) groups is 1. The van der Waals surface area contributed by atoms with Crippen LogP contribution >= 0.6 is 0 Å².